The fourth-order valence-electron chi connectivity index (χ4n) is 3.62. The van der Waals surface area contributed by atoms with Gasteiger partial charge in [-0.2, -0.15) is 0 Å². The van der Waals surface area contributed by atoms with Gasteiger partial charge in [-0.25, -0.2) is 9.97 Å². The monoisotopic (exact) mass is 356 g/mol. The Kier molecular flexibility index (Phi) is 4.63. The molecule has 0 spiro atoms. The molecule has 2 fully saturated rings. The molecule has 2 aliphatic rings. The van der Waals surface area contributed by atoms with Crippen molar-refractivity contribution in [3.63, 3.8) is 0 Å². The first-order valence-electron chi connectivity index (χ1n) is 9.17. The molecule has 1 amide bonds. The Balaban J connectivity index is 1.51. The van der Waals surface area contributed by atoms with Gasteiger partial charge >= 0.3 is 0 Å². The molecule has 1 unspecified atom stereocenters. The molecule has 0 N–H and O–H groups in total. The Morgan fingerprint density at radius 3 is 2.77 bits per heavy atom. The molecular formula is C19H24N4O3. The number of ether oxygens (including phenoxy) is 1. The van der Waals surface area contributed by atoms with Crippen LogP contribution in [0.5, 0.6) is 0 Å². The van der Waals surface area contributed by atoms with Crippen molar-refractivity contribution in [2.24, 2.45) is 0 Å². The fourth-order valence-corrected chi connectivity index (χ4v) is 3.62. The number of anilines is 1. The van der Waals surface area contributed by atoms with E-state index >= 15 is 0 Å². The molecule has 4 rings (SSSR count). The molecule has 4 heterocycles. The molecule has 2 aliphatic heterocycles. The van der Waals surface area contributed by atoms with E-state index in [-0.39, 0.29) is 12.0 Å². The fraction of sp³-hybridized carbons (Fsp3) is 0.526. The molecule has 2 aromatic rings. The molecule has 26 heavy (non-hydrogen) atoms. The highest BCUT2D eigenvalue weighted by atomic mass is 16.5. The summed E-state index contributed by atoms with van der Waals surface area (Å²) in [6.45, 7) is 7.25. The molecule has 7 nitrogen and oxygen atoms in total. The van der Waals surface area contributed by atoms with Crippen LogP contribution in [0.25, 0.3) is 0 Å². The van der Waals surface area contributed by atoms with Crippen molar-refractivity contribution in [1.82, 2.24) is 14.9 Å². The smallest absolute Gasteiger partial charge is 0.290 e. The predicted octanol–water partition coefficient (Wildman–Crippen LogP) is 2.50. The van der Waals surface area contributed by atoms with E-state index in [1.165, 1.54) is 12.8 Å². The number of aromatic nitrogens is 2. The third kappa shape index (κ3) is 3.31. The van der Waals surface area contributed by atoms with Crippen LogP contribution in [-0.2, 0) is 4.74 Å². The van der Waals surface area contributed by atoms with Gasteiger partial charge in [-0.3, -0.25) is 4.79 Å². The van der Waals surface area contributed by atoms with E-state index in [9.17, 15) is 4.79 Å². The molecule has 138 valence electrons. The normalized spacial score (nSPS) is 20.6. The number of amides is 1. The van der Waals surface area contributed by atoms with E-state index in [1.54, 1.807) is 11.1 Å². The number of nitrogens with zero attached hydrogens (tertiary/aromatic N) is 4. The van der Waals surface area contributed by atoms with Crippen LogP contribution in [0.4, 0.5) is 5.95 Å². The standard InChI is InChI=1S/C19H24N4O3/c1-13-11-14(2)26-17(13)18(24)23-9-10-25-16(12-23)15-5-6-20-19(21-15)22-7-3-4-8-22/h5-6,11,16H,3-4,7-10,12H2,1-2H3. The van der Waals surface area contributed by atoms with Crippen molar-refractivity contribution in [3.8, 4) is 0 Å². The van der Waals surface area contributed by atoms with Gasteiger partial charge in [0.25, 0.3) is 5.91 Å². The molecule has 2 aromatic heterocycles. The minimum atomic E-state index is -0.242. The molecule has 1 atom stereocenters. The zero-order chi connectivity index (χ0) is 18.1. The first-order valence-corrected chi connectivity index (χ1v) is 9.17. The van der Waals surface area contributed by atoms with Crippen LogP contribution in [0.15, 0.2) is 22.7 Å². The average Bonchev–Trinajstić information content (AvgIpc) is 3.31. The van der Waals surface area contributed by atoms with Gasteiger partial charge in [0, 0.05) is 31.4 Å². The highest BCUT2D eigenvalue weighted by Crippen LogP contribution is 2.25. The summed E-state index contributed by atoms with van der Waals surface area (Å²) in [5.74, 6) is 1.84. The summed E-state index contributed by atoms with van der Waals surface area (Å²) in [5.41, 5.74) is 1.70. The number of furan rings is 1. The largest absolute Gasteiger partial charge is 0.456 e. The summed E-state index contributed by atoms with van der Waals surface area (Å²) >= 11 is 0. The second-order valence-corrected chi connectivity index (χ2v) is 6.96. The van der Waals surface area contributed by atoms with Gasteiger partial charge in [0.1, 0.15) is 11.9 Å². The lowest BCUT2D eigenvalue weighted by atomic mass is 10.1. The second-order valence-electron chi connectivity index (χ2n) is 6.96. The molecule has 2 saturated heterocycles. The first-order chi connectivity index (χ1) is 12.6. The van der Waals surface area contributed by atoms with E-state index in [4.69, 9.17) is 14.1 Å². The highest BCUT2D eigenvalue weighted by Gasteiger charge is 2.30. The zero-order valence-corrected chi connectivity index (χ0v) is 15.3. The lowest BCUT2D eigenvalue weighted by Crippen LogP contribution is -2.42. The summed E-state index contributed by atoms with van der Waals surface area (Å²) in [7, 11) is 0. The summed E-state index contributed by atoms with van der Waals surface area (Å²) in [5, 5.41) is 0. The van der Waals surface area contributed by atoms with Crippen LogP contribution in [0, 0.1) is 13.8 Å². The van der Waals surface area contributed by atoms with Gasteiger partial charge in [-0.15, -0.1) is 0 Å². The van der Waals surface area contributed by atoms with Crippen molar-refractivity contribution >= 4 is 11.9 Å². The number of rotatable bonds is 3. The Morgan fingerprint density at radius 2 is 2.04 bits per heavy atom. The number of hydrogen-bond acceptors (Lipinski definition) is 6. The van der Waals surface area contributed by atoms with Crippen molar-refractivity contribution in [2.75, 3.05) is 37.7 Å². The number of carbonyl (C=O) groups is 1. The maximum atomic E-state index is 12.8. The molecule has 7 heteroatoms. The zero-order valence-electron chi connectivity index (χ0n) is 15.3. The van der Waals surface area contributed by atoms with Crippen LogP contribution >= 0.6 is 0 Å². The third-order valence-electron chi connectivity index (χ3n) is 4.97. The lowest BCUT2D eigenvalue weighted by Gasteiger charge is -2.32. The first kappa shape index (κ1) is 17.0. The van der Waals surface area contributed by atoms with Crippen molar-refractivity contribution < 1.29 is 13.9 Å². The predicted molar refractivity (Wildman–Crippen MR) is 96.3 cm³/mol. The van der Waals surface area contributed by atoms with Crippen molar-refractivity contribution in [2.45, 2.75) is 32.8 Å². The summed E-state index contributed by atoms with van der Waals surface area (Å²) in [4.78, 5) is 25.9. The Bertz CT molecular complexity index is 798. The summed E-state index contributed by atoms with van der Waals surface area (Å²) in [6, 6.07) is 3.76. The Labute approximate surface area is 153 Å². The van der Waals surface area contributed by atoms with Gasteiger partial charge in [-0.05, 0) is 38.8 Å². The van der Waals surface area contributed by atoms with Gasteiger partial charge < -0.3 is 19.0 Å². The Morgan fingerprint density at radius 1 is 1.23 bits per heavy atom. The molecule has 0 aliphatic carbocycles. The van der Waals surface area contributed by atoms with E-state index < -0.39 is 0 Å². The molecular weight excluding hydrogens is 332 g/mol. The van der Waals surface area contributed by atoms with Gasteiger partial charge in [0.05, 0.1) is 18.8 Å². The van der Waals surface area contributed by atoms with Crippen molar-refractivity contribution in [3.05, 3.63) is 41.1 Å². The van der Waals surface area contributed by atoms with Crippen LogP contribution in [0.2, 0.25) is 0 Å². The number of carbonyl (C=O) groups excluding carboxylic acids is 1. The van der Waals surface area contributed by atoms with E-state index in [2.05, 4.69) is 9.88 Å². The van der Waals surface area contributed by atoms with Crippen LogP contribution in [-0.4, -0.2) is 53.6 Å². The molecule has 0 bridgehead atoms. The number of aryl methyl sites for hydroxylation is 2. The topological polar surface area (TPSA) is 71.7 Å². The minimum Gasteiger partial charge on any atom is -0.456 e. The van der Waals surface area contributed by atoms with Crippen LogP contribution in [0.1, 0.15) is 46.5 Å². The molecule has 0 aromatic carbocycles. The SMILES string of the molecule is Cc1cc(C)c(C(=O)N2CCOC(c3ccnc(N4CCCC4)n3)C2)o1. The van der Waals surface area contributed by atoms with Crippen molar-refractivity contribution in [1.29, 1.82) is 0 Å². The summed E-state index contributed by atoms with van der Waals surface area (Å²) in [6.07, 6.45) is 3.89. The van der Waals surface area contributed by atoms with E-state index in [0.717, 1.165) is 36.1 Å². The van der Waals surface area contributed by atoms with Crippen LogP contribution < -0.4 is 4.90 Å². The van der Waals surface area contributed by atoms with E-state index in [0.29, 0.717) is 25.5 Å². The lowest BCUT2D eigenvalue weighted by molar-refractivity contribution is -0.0257. The van der Waals surface area contributed by atoms with Gasteiger partial charge in [0.15, 0.2) is 5.76 Å². The summed E-state index contributed by atoms with van der Waals surface area (Å²) < 4.78 is 11.5. The minimum absolute atomic E-state index is 0.0854. The Hall–Kier alpha value is -2.41. The maximum absolute atomic E-state index is 12.8. The van der Waals surface area contributed by atoms with E-state index in [1.807, 2.05) is 26.0 Å². The number of morpholine rings is 1. The van der Waals surface area contributed by atoms with Gasteiger partial charge in [-0.1, -0.05) is 0 Å². The third-order valence-corrected chi connectivity index (χ3v) is 4.97. The highest BCUT2D eigenvalue weighted by molar-refractivity contribution is 5.93. The molecule has 0 radical (unpaired) electrons. The quantitative estimate of drug-likeness (QED) is 0.841. The van der Waals surface area contributed by atoms with Crippen LogP contribution in [0.3, 0.4) is 0 Å². The van der Waals surface area contributed by atoms with Gasteiger partial charge in [0.2, 0.25) is 5.95 Å². The average molecular weight is 356 g/mol. The molecule has 0 saturated carbocycles. The second kappa shape index (κ2) is 7.07. The maximum Gasteiger partial charge on any atom is 0.290 e. The number of hydrogen-bond donors (Lipinski definition) is 0.